The lowest BCUT2D eigenvalue weighted by atomic mass is 10.3. The summed E-state index contributed by atoms with van der Waals surface area (Å²) in [6, 6.07) is 0. The second kappa shape index (κ2) is 5.27. The van der Waals surface area contributed by atoms with Crippen molar-refractivity contribution in [3.63, 3.8) is 0 Å². The summed E-state index contributed by atoms with van der Waals surface area (Å²) in [6.07, 6.45) is -0.0618. The van der Waals surface area contributed by atoms with Crippen molar-refractivity contribution >= 4 is 39.1 Å². The summed E-state index contributed by atoms with van der Waals surface area (Å²) in [6.45, 7) is 2.05. The normalized spacial score (nSPS) is 10.0. The first-order valence-electron chi connectivity index (χ1n) is 4.26. The fourth-order valence-corrected chi connectivity index (χ4v) is 2.53. The minimum Gasteiger partial charge on any atom is -0.481 e. The maximum Gasteiger partial charge on any atom is 0.305 e. The van der Waals surface area contributed by atoms with Crippen LogP contribution in [0.2, 0.25) is 0 Å². The summed E-state index contributed by atoms with van der Waals surface area (Å²) in [5, 5.41) is 12.8. The van der Waals surface area contributed by atoms with E-state index in [0.717, 1.165) is 10.0 Å². The topological polar surface area (TPSA) is 66.4 Å². The van der Waals surface area contributed by atoms with Crippen LogP contribution in [0.25, 0.3) is 0 Å². The standard InChI is InChI=1S/C9H10BrNO3S/c1-5-4-15-8(7(5)10)9(14)11-3-2-6(12)13/h4H,2-3H2,1H3,(H,11,14)(H,12,13). The lowest BCUT2D eigenvalue weighted by molar-refractivity contribution is -0.136. The lowest BCUT2D eigenvalue weighted by Crippen LogP contribution is -2.25. The molecule has 1 rings (SSSR count). The van der Waals surface area contributed by atoms with Gasteiger partial charge in [-0.1, -0.05) is 0 Å². The molecule has 1 heterocycles. The zero-order chi connectivity index (χ0) is 11.4. The highest BCUT2D eigenvalue weighted by molar-refractivity contribution is 9.10. The van der Waals surface area contributed by atoms with Crippen LogP contribution in [0.4, 0.5) is 0 Å². The van der Waals surface area contributed by atoms with Crippen molar-refractivity contribution in [2.24, 2.45) is 0 Å². The van der Waals surface area contributed by atoms with E-state index in [1.807, 2.05) is 12.3 Å². The second-order valence-electron chi connectivity index (χ2n) is 2.96. The van der Waals surface area contributed by atoms with Gasteiger partial charge in [-0.2, -0.15) is 0 Å². The van der Waals surface area contributed by atoms with Crippen molar-refractivity contribution in [3.05, 3.63) is 20.3 Å². The number of amides is 1. The molecule has 1 amide bonds. The molecule has 0 aliphatic carbocycles. The van der Waals surface area contributed by atoms with Gasteiger partial charge in [-0.3, -0.25) is 9.59 Å². The molecule has 15 heavy (non-hydrogen) atoms. The van der Waals surface area contributed by atoms with Crippen LogP contribution in [-0.4, -0.2) is 23.5 Å². The van der Waals surface area contributed by atoms with Crippen LogP contribution in [0.5, 0.6) is 0 Å². The molecule has 82 valence electrons. The number of carbonyl (C=O) groups excluding carboxylic acids is 1. The van der Waals surface area contributed by atoms with Crippen LogP contribution in [-0.2, 0) is 4.79 Å². The monoisotopic (exact) mass is 291 g/mol. The summed E-state index contributed by atoms with van der Waals surface area (Å²) in [5.41, 5.74) is 1.00. The molecule has 0 radical (unpaired) electrons. The number of aryl methyl sites for hydroxylation is 1. The van der Waals surface area contributed by atoms with Crippen molar-refractivity contribution < 1.29 is 14.7 Å². The zero-order valence-corrected chi connectivity index (χ0v) is 10.4. The molecule has 0 aliphatic heterocycles. The van der Waals surface area contributed by atoms with Crippen molar-refractivity contribution in [2.45, 2.75) is 13.3 Å². The lowest BCUT2D eigenvalue weighted by Gasteiger charge is -2.01. The van der Waals surface area contributed by atoms with Gasteiger partial charge in [0.05, 0.1) is 6.42 Å². The highest BCUT2D eigenvalue weighted by Gasteiger charge is 2.13. The molecular formula is C9H10BrNO3S. The number of carbonyl (C=O) groups is 2. The largest absolute Gasteiger partial charge is 0.481 e. The van der Waals surface area contributed by atoms with Crippen LogP contribution in [0.1, 0.15) is 21.7 Å². The Morgan fingerprint density at radius 3 is 2.73 bits per heavy atom. The van der Waals surface area contributed by atoms with Crippen molar-refractivity contribution in [1.29, 1.82) is 0 Å². The summed E-state index contributed by atoms with van der Waals surface area (Å²) in [4.78, 5) is 22.3. The molecule has 6 heteroatoms. The van der Waals surface area contributed by atoms with Gasteiger partial charge in [0.15, 0.2) is 0 Å². The molecule has 0 bridgehead atoms. The minimum absolute atomic E-state index is 0.0618. The van der Waals surface area contributed by atoms with Gasteiger partial charge >= 0.3 is 5.97 Å². The Kier molecular flexibility index (Phi) is 4.28. The van der Waals surface area contributed by atoms with Crippen LogP contribution in [0, 0.1) is 6.92 Å². The van der Waals surface area contributed by atoms with Crippen LogP contribution in [0.3, 0.4) is 0 Å². The first-order valence-corrected chi connectivity index (χ1v) is 5.93. The van der Waals surface area contributed by atoms with E-state index in [0.29, 0.717) is 4.88 Å². The molecule has 0 aromatic carbocycles. The number of nitrogens with one attached hydrogen (secondary N) is 1. The molecule has 1 aromatic heterocycles. The van der Waals surface area contributed by atoms with E-state index in [9.17, 15) is 9.59 Å². The minimum atomic E-state index is -0.920. The van der Waals surface area contributed by atoms with Crippen LogP contribution >= 0.6 is 27.3 Å². The Morgan fingerprint density at radius 1 is 1.60 bits per heavy atom. The molecule has 1 aromatic rings. The second-order valence-corrected chi connectivity index (χ2v) is 4.63. The fraction of sp³-hybridized carbons (Fsp3) is 0.333. The molecule has 0 fully saturated rings. The summed E-state index contributed by atoms with van der Waals surface area (Å²) in [7, 11) is 0. The molecule has 0 saturated heterocycles. The quantitative estimate of drug-likeness (QED) is 0.892. The molecule has 0 aliphatic rings. The van der Waals surface area contributed by atoms with E-state index in [1.54, 1.807) is 0 Å². The van der Waals surface area contributed by atoms with E-state index in [1.165, 1.54) is 11.3 Å². The Bertz CT molecular complexity index is 389. The SMILES string of the molecule is Cc1csc(C(=O)NCCC(=O)O)c1Br. The van der Waals surface area contributed by atoms with E-state index >= 15 is 0 Å². The summed E-state index contributed by atoms with van der Waals surface area (Å²) >= 11 is 4.64. The van der Waals surface area contributed by atoms with E-state index in [4.69, 9.17) is 5.11 Å². The third-order valence-electron chi connectivity index (χ3n) is 1.73. The molecule has 0 saturated carbocycles. The van der Waals surface area contributed by atoms with E-state index in [-0.39, 0.29) is 18.9 Å². The number of hydrogen-bond donors (Lipinski definition) is 2. The van der Waals surface area contributed by atoms with Gasteiger partial charge in [0.1, 0.15) is 4.88 Å². The smallest absolute Gasteiger partial charge is 0.305 e. The van der Waals surface area contributed by atoms with Crippen molar-refractivity contribution in [3.8, 4) is 0 Å². The fourth-order valence-electron chi connectivity index (χ4n) is 0.946. The number of carboxylic acids is 1. The van der Waals surface area contributed by atoms with Crippen molar-refractivity contribution in [2.75, 3.05) is 6.54 Å². The van der Waals surface area contributed by atoms with Gasteiger partial charge in [-0.15, -0.1) is 11.3 Å². The molecule has 0 spiro atoms. The van der Waals surface area contributed by atoms with Gasteiger partial charge in [0.25, 0.3) is 5.91 Å². The number of carboxylic acid groups (broad SMARTS) is 1. The van der Waals surface area contributed by atoms with Gasteiger partial charge < -0.3 is 10.4 Å². The Balaban J connectivity index is 2.54. The Hall–Kier alpha value is -0.880. The Labute approximate surface area is 99.4 Å². The van der Waals surface area contributed by atoms with Crippen LogP contribution < -0.4 is 5.32 Å². The predicted octanol–water partition coefficient (Wildman–Crippen LogP) is 2.02. The van der Waals surface area contributed by atoms with E-state index in [2.05, 4.69) is 21.2 Å². The highest BCUT2D eigenvalue weighted by Crippen LogP contribution is 2.27. The summed E-state index contributed by atoms with van der Waals surface area (Å²) < 4.78 is 0.778. The molecule has 2 N–H and O–H groups in total. The first kappa shape index (κ1) is 12.2. The predicted molar refractivity (Wildman–Crippen MR) is 61.3 cm³/mol. The van der Waals surface area contributed by atoms with Gasteiger partial charge in [0, 0.05) is 11.0 Å². The number of halogens is 1. The number of hydrogen-bond acceptors (Lipinski definition) is 3. The van der Waals surface area contributed by atoms with Crippen LogP contribution in [0.15, 0.2) is 9.85 Å². The number of aliphatic carboxylic acids is 1. The maximum absolute atomic E-state index is 11.5. The van der Waals surface area contributed by atoms with Gasteiger partial charge in [-0.05, 0) is 33.8 Å². The van der Waals surface area contributed by atoms with Gasteiger partial charge in [-0.25, -0.2) is 0 Å². The number of thiophene rings is 1. The highest BCUT2D eigenvalue weighted by atomic mass is 79.9. The summed E-state index contributed by atoms with van der Waals surface area (Å²) in [5.74, 6) is -1.15. The Morgan fingerprint density at radius 2 is 2.27 bits per heavy atom. The molecule has 0 unspecified atom stereocenters. The third-order valence-corrected chi connectivity index (χ3v) is 4.11. The maximum atomic E-state index is 11.5. The molecular weight excluding hydrogens is 282 g/mol. The molecule has 4 nitrogen and oxygen atoms in total. The van der Waals surface area contributed by atoms with Gasteiger partial charge in [0.2, 0.25) is 0 Å². The number of rotatable bonds is 4. The van der Waals surface area contributed by atoms with Crippen molar-refractivity contribution in [1.82, 2.24) is 5.32 Å². The first-order chi connectivity index (χ1) is 7.02. The average Bonchev–Trinajstić information content (AvgIpc) is 2.47. The zero-order valence-electron chi connectivity index (χ0n) is 8.04. The molecule has 0 atom stereocenters. The third kappa shape index (κ3) is 3.32. The average molecular weight is 292 g/mol. The van der Waals surface area contributed by atoms with E-state index < -0.39 is 5.97 Å².